The third kappa shape index (κ3) is 2.97. The Bertz CT molecular complexity index is 357. The number of rotatable bonds is 2. The quantitative estimate of drug-likeness (QED) is 0.412. The molecule has 0 atom stereocenters. The molecule has 3 nitrogen and oxygen atoms in total. The van der Waals surface area contributed by atoms with E-state index in [1.54, 1.807) is 19.1 Å². The van der Waals surface area contributed by atoms with Gasteiger partial charge in [-0.25, -0.2) is 9.18 Å². The lowest BCUT2D eigenvalue weighted by atomic mass is 10.1. The zero-order chi connectivity index (χ0) is 10.6. The fourth-order valence-electron chi connectivity index (χ4n) is 0.877. The highest BCUT2D eigenvalue weighted by Crippen LogP contribution is 2.04. The molecule has 74 valence electrons. The molecule has 0 aliphatic carbocycles. The third-order valence-electron chi connectivity index (χ3n) is 1.57. The second-order valence-electron chi connectivity index (χ2n) is 2.77. The van der Waals surface area contributed by atoms with E-state index >= 15 is 0 Å². The van der Waals surface area contributed by atoms with Gasteiger partial charge in [0.15, 0.2) is 0 Å². The molecule has 0 aliphatic heterocycles. The SMILES string of the molecule is CC(=O)O/N=C(\C)c1ccc(F)cc1. The molecule has 0 aliphatic rings. The van der Waals surface area contributed by atoms with Crippen LogP contribution in [0.15, 0.2) is 29.4 Å². The van der Waals surface area contributed by atoms with Gasteiger partial charge in [0.05, 0.1) is 5.71 Å². The number of benzene rings is 1. The highest BCUT2D eigenvalue weighted by molar-refractivity contribution is 5.98. The molecule has 0 unspecified atom stereocenters. The largest absolute Gasteiger partial charge is 0.331 e. The van der Waals surface area contributed by atoms with E-state index in [-0.39, 0.29) is 5.82 Å². The molecule has 14 heavy (non-hydrogen) atoms. The summed E-state index contributed by atoms with van der Waals surface area (Å²) in [6, 6.07) is 5.78. The van der Waals surface area contributed by atoms with Gasteiger partial charge in [0.2, 0.25) is 0 Å². The Balaban J connectivity index is 2.78. The van der Waals surface area contributed by atoms with Gasteiger partial charge >= 0.3 is 5.97 Å². The molecule has 0 radical (unpaired) electrons. The van der Waals surface area contributed by atoms with Gasteiger partial charge in [-0.05, 0) is 24.6 Å². The molecule has 1 aromatic rings. The normalized spacial score (nSPS) is 11.2. The van der Waals surface area contributed by atoms with Crippen molar-refractivity contribution in [2.45, 2.75) is 13.8 Å². The molecule has 4 heteroatoms. The van der Waals surface area contributed by atoms with Gasteiger partial charge < -0.3 is 4.84 Å². The second-order valence-corrected chi connectivity index (χ2v) is 2.77. The lowest BCUT2D eigenvalue weighted by Crippen LogP contribution is -1.99. The number of carbonyl (C=O) groups is 1. The molecule has 0 amide bonds. The van der Waals surface area contributed by atoms with Gasteiger partial charge in [-0.2, -0.15) is 0 Å². The summed E-state index contributed by atoms with van der Waals surface area (Å²) in [6.07, 6.45) is 0. The van der Waals surface area contributed by atoms with Crippen LogP contribution >= 0.6 is 0 Å². The van der Waals surface area contributed by atoms with Crippen LogP contribution in [0.5, 0.6) is 0 Å². The van der Waals surface area contributed by atoms with E-state index in [1.807, 2.05) is 0 Å². The van der Waals surface area contributed by atoms with Crippen molar-refractivity contribution in [3.05, 3.63) is 35.6 Å². The maximum absolute atomic E-state index is 12.5. The van der Waals surface area contributed by atoms with Crippen molar-refractivity contribution < 1.29 is 14.0 Å². The van der Waals surface area contributed by atoms with Crippen LogP contribution in [0.25, 0.3) is 0 Å². The van der Waals surface area contributed by atoms with Crippen LogP contribution in [0, 0.1) is 5.82 Å². The predicted octanol–water partition coefficient (Wildman–Crippen LogP) is 2.11. The van der Waals surface area contributed by atoms with Crippen molar-refractivity contribution in [3.8, 4) is 0 Å². The van der Waals surface area contributed by atoms with Gasteiger partial charge in [-0.15, -0.1) is 0 Å². The number of carbonyl (C=O) groups excluding carboxylic acids is 1. The minimum absolute atomic E-state index is 0.311. The molecule has 0 N–H and O–H groups in total. The summed E-state index contributed by atoms with van der Waals surface area (Å²) in [5, 5.41) is 3.57. The Morgan fingerprint density at radius 1 is 1.29 bits per heavy atom. The van der Waals surface area contributed by atoms with Crippen molar-refractivity contribution in [1.82, 2.24) is 0 Å². The van der Waals surface area contributed by atoms with Crippen LogP contribution in [0.4, 0.5) is 4.39 Å². The highest BCUT2D eigenvalue weighted by atomic mass is 19.1. The van der Waals surface area contributed by atoms with E-state index in [2.05, 4.69) is 9.99 Å². The second kappa shape index (κ2) is 4.50. The molecule has 0 saturated carbocycles. The van der Waals surface area contributed by atoms with Crippen LogP contribution in [0.2, 0.25) is 0 Å². The Kier molecular flexibility index (Phi) is 3.34. The van der Waals surface area contributed by atoms with Crippen LogP contribution in [-0.2, 0) is 9.63 Å². The summed E-state index contributed by atoms with van der Waals surface area (Å²) >= 11 is 0. The third-order valence-corrected chi connectivity index (χ3v) is 1.57. The molecule has 0 spiro atoms. The molecule has 0 saturated heterocycles. The maximum Gasteiger partial charge on any atom is 0.331 e. The van der Waals surface area contributed by atoms with Gasteiger partial charge in [-0.3, -0.25) is 0 Å². The van der Waals surface area contributed by atoms with E-state index in [1.165, 1.54) is 19.1 Å². The van der Waals surface area contributed by atoms with Crippen molar-refractivity contribution in [3.63, 3.8) is 0 Å². The topological polar surface area (TPSA) is 38.7 Å². The minimum atomic E-state index is -0.480. The lowest BCUT2D eigenvalue weighted by molar-refractivity contribution is -0.140. The lowest BCUT2D eigenvalue weighted by Gasteiger charge is -1.98. The molecule has 0 heterocycles. The minimum Gasteiger partial charge on any atom is -0.318 e. The number of hydrogen-bond acceptors (Lipinski definition) is 3. The smallest absolute Gasteiger partial charge is 0.318 e. The summed E-state index contributed by atoms with van der Waals surface area (Å²) in [7, 11) is 0. The number of hydrogen-bond donors (Lipinski definition) is 0. The Labute approximate surface area is 81.2 Å². The Morgan fingerprint density at radius 3 is 2.36 bits per heavy atom. The van der Waals surface area contributed by atoms with Gasteiger partial charge in [0, 0.05) is 6.92 Å². The predicted molar refractivity (Wildman–Crippen MR) is 50.4 cm³/mol. The number of halogens is 1. The highest BCUT2D eigenvalue weighted by Gasteiger charge is 1.99. The van der Waals surface area contributed by atoms with E-state index in [0.717, 1.165) is 0 Å². The molecule has 0 bridgehead atoms. The molecule has 0 fully saturated rings. The van der Waals surface area contributed by atoms with Crippen molar-refractivity contribution >= 4 is 11.7 Å². The fraction of sp³-hybridized carbons (Fsp3) is 0.200. The van der Waals surface area contributed by atoms with Gasteiger partial charge in [-0.1, -0.05) is 17.3 Å². The van der Waals surface area contributed by atoms with Crippen molar-refractivity contribution in [2.75, 3.05) is 0 Å². The molecule has 1 aromatic carbocycles. The molecular weight excluding hydrogens is 185 g/mol. The fourth-order valence-corrected chi connectivity index (χ4v) is 0.877. The first-order valence-electron chi connectivity index (χ1n) is 4.07. The monoisotopic (exact) mass is 195 g/mol. The Hall–Kier alpha value is -1.71. The molecule has 0 aromatic heterocycles. The van der Waals surface area contributed by atoms with Gasteiger partial charge in [0.1, 0.15) is 5.82 Å². The summed E-state index contributed by atoms with van der Waals surface area (Å²) in [4.78, 5) is 14.9. The molecular formula is C10H10FNO2. The average molecular weight is 195 g/mol. The number of nitrogens with zero attached hydrogens (tertiary/aromatic N) is 1. The van der Waals surface area contributed by atoms with E-state index in [9.17, 15) is 9.18 Å². The van der Waals surface area contributed by atoms with E-state index in [0.29, 0.717) is 11.3 Å². The average Bonchev–Trinajstić information content (AvgIpc) is 2.15. The van der Waals surface area contributed by atoms with Crippen LogP contribution in [-0.4, -0.2) is 11.7 Å². The first-order chi connectivity index (χ1) is 6.59. The van der Waals surface area contributed by atoms with E-state index < -0.39 is 5.97 Å². The van der Waals surface area contributed by atoms with Gasteiger partial charge in [0.25, 0.3) is 0 Å². The van der Waals surface area contributed by atoms with Crippen molar-refractivity contribution in [2.24, 2.45) is 5.16 Å². The Morgan fingerprint density at radius 2 is 1.86 bits per heavy atom. The molecule has 1 rings (SSSR count). The summed E-state index contributed by atoms with van der Waals surface area (Å²) in [5.74, 6) is -0.791. The standard InChI is InChI=1S/C10H10FNO2/c1-7(12-14-8(2)13)9-3-5-10(11)6-4-9/h3-6H,1-2H3/b12-7+. The van der Waals surface area contributed by atoms with Crippen molar-refractivity contribution in [1.29, 1.82) is 0 Å². The van der Waals surface area contributed by atoms with Crippen LogP contribution in [0.3, 0.4) is 0 Å². The van der Waals surface area contributed by atoms with Crippen LogP contribution in [0.1, 0.15) is 19.4 Å². The van der Waals surface area contributed by atoms with Crippen LogP contribution < -0.4 is 0 Å². The summed E-state index contributed by atoms with van der Waals surface area (Å²) in [5.41, 5.74) is 1.24. The first kappa shape index (κ1) is 10.4. The van der Waals surface area contributed by atoms with E-state index in [4.69, 9.17) is 0 Å². The first-order valence-corrected chi connectivity index (χ1v) is 4.07. The zero-order valence-electron chi connectivity index (χ0n) is 7.95. The number of oxime groups is 1. The summed E-state index contributed by atoms with van der Waals surface area (Å²) < 4.78 is 12.5. The zero-order valence-corrected chi connectivity index (χ0v) is 7.95. The summed E-state index contributed by atoms with van der Waals surface area (Å²) in [6.45, 7) is 2.94. The maximum atomic E-state index is 12.5.